The standard InChI is InChI=1S/C6H14Cl2N2/c1-6(2,10(7)8)4-3-5-9/h3-5,9H2,1-2H3/p+1. The summed E-state index contributed by atoms with van der Waals surface area (Å²) in [4.78, 5) is 0. The molecule has 62 valence electrons. The summed E-state index contributed by atoms with van der Waals surface area (Å²) in [5.74, 6) is 0. The summed E-state index contributed by atoms with van der Waals surface area (Å²) >= 11 is 11.2. The van der Waals surface area contributed by atoms with Gasteiger partial charge < -0.3 is 5.73 Å². The Bertz CT molecular complexity index is 93.7. The van der Waals surface area contributed by atoms with Crippen molar-refractivity contribution in [1.29, 1.82) is 0 Å². The fraction of sp³-hybridized carbons (Fsp3) is 1.00. The molecule has 3 N–H and O–H groups in total. The predicted molar refractivity (Wildman–Crippen MR) is 44.6 cm³/mol. The molecule has 4 heteroatoms. The Balaban J connectivity index is 3.63. The molecule has 0 saturated carbocycles. The van der Waals surface area contributed by atoms with Gasteiger partial charge in [-0.05, 0) is 50.2 Å². The van der Waals surface area contributed by atoms with Gasteiger partial charge in [0.2, 0.25) is 0 Å². The van der Waals surface area contributed by atoms with Gasteiger partial charge >= 0.3 is 0 Å². The molecule has 0 amide bonds. The van der Waals surface area contributed by atoms with Gasteiger partial charge in [-0.3, -0.25) is 0 Å². The van der Waals surface area contributed by atoms with Crippen LogP contribution in [0.2, 0.25) is 0 Å². The van der Waals surface area contributed by atoms with Crippen molar-refractivity contribution in [1.82, 2.24) is 3.94 Å². The molecule has 0 aromatic rings. The second kappa shape index (κ2) is 4.39. The van der Waals surface area contributed by atoms with E-state index in [9.17, 15) is 0 Å². The van der Waals surface area contributed by atoms with Crippen LogP contribution in [0.4, 0.5) is 0 Å². The highest BCUT2D eigenvalue weighted by atomic mass is 35.5. The first-order chi connectivity index (χ1) is 4.50. The summed E-state index contributed by atoms with van der Waals surface area (Å²) < 4.78 is 1.21. The van der Waals surface area contributed by atoms with E-state index >= 15 is 0 Å². The number of hydrogen-bond acceptors (Lipinski definition) is 1. The molecule has 0 rings (SSSR count). The first kappa shape index (κ1) is 10.5. The Kier molecular flexibility index (Phi) is 4.61. The second-order valence-corrected chi connectivity index (χ2v) is 3.85. The number of rotatable bonds is 4. The Morgan fingerprint density at radius 3 is 2.20 bits per heavy atom. The van der Waals surface area contributed by atoms with Gasteiger partial charge in [-0.15, -0.1) is 3.94 Å². The zero-order valence-corrected chi connectivity index (χ0v) is 8.04. The normalized spacial score (nSPS) is 12.6. The van der Waals surface area contributed by atoms with Crippen molar-refractivity contribution in [3.8, 4) is 0 Å². The molecular formula is C6H15Cl2N2+. The average molecular weight is 186 g/mol. The van der Waals surface area contributed by atoms with Gasteiger partial charge in [0, 0.05) is 5.54 Å². The van der Waals surface area contributed by atoms with Gasteiger partial charge in [0.1, 0.15) is 0 Å². The minimum atomic E-state index is -0.124. The van der Waals surface area contributed by atoms with Gasteiger partial charge in [-0.25, -0.2) is 0 Å². The molecule has 0 atom stereocenters. The molecule has 0 fully saturated rings. The molecule has 0 aliphatic heterocycles. The molecule has 0 aliphatic carbocycles. The maximum Gasteiger partial charge on any atom is 0.0740 e. The van der Waals surface area contributed by atoms with Crippen molar-refractivity contribution < 1.29 is 5.73 Å². The topological polar surface area (TPSA) is 30.9 Å². The van der Waals surface area contributed by atoms with Crippen LogP contribution >= 0.6 is 23.6 Å². The SMILES string of the molecule is CC(C)(CCC[NH3+])N(Cl)Cl. The third-order valence-corrected chi connectivity index (χ3v) is 2.41. The highest BCUT2D eigenvalue weighted by molar-refractivity contribution is 6.34. The van der Waals surface area contributed by atoms with Gasteiger partial charge in [0.05, 0.1) is 6.54 Å². The maximum atomic E-state index is 5.58. The fourth-order valence-electron chi connectivity index (χ4n) is 0.642. The van der Waals surface area contributed by atoms with Crippen LogP contribution in [0, 0.1) is 0 Å². The first-order valence-electron chi connectivity index (χ1n) is 3.42. The lowest BCUT2D eigenvalue weighted by atomic mass is 10.0. The Hall–Kier alpha value is 0.500. The largest absolute Gasteiger partial charge is 0.358 e. The third-order valence-electron chi connectivity index (χ3n) is 1.50. The predicted octanol–water partition coefficient (Wildman–Crippen LogP) is 1.40. The molecule has 10 heavy (non-hydrogen) atoms. The minimum Gasteiger partial charge on any atom is -0.358 e. The lowest BCUT2D eigenvalue weighted by molar-refractivity contribution is -0.368. The van der Waals surface area contributed by atoms with E-state index in [1.165, 1.54) is 3.94 Å². The first-order valence-corrected chi connectivity index (χ1v) is 4.09. The molecule has 0 aliphatic rings. The van der Waals surface area contributed by atoms with Crippen molar-refractivity contribution in [2.24, 2.45) is 0 Å². The molecule has 0 spiro atoms. The van der Waals surface area contributed by atoms with Crippen LogP contribution < -0.4 is 5.73 Å². The van der Waals surface area contributed by atoms with E-state index in [-0.39, 0.29) is 5.54 Å². The van der Waals surface area contributed by atoms with E-state index in [0.29, 0.717) is 0 Å². The smallest absolute Gasteiger partial charge is 0.0740 e. The number of halogens is 2. The summed E-state index contributed by atoms with van der Waals surface area (Å²) in [6, 6.07) is 0. The van der Waals surface area contributed by atoms with Gasteiger partial charge in [-0.2, -0.15) is 0 Å². The molecule has 0 heterocycles. The van der Waals surface area contributed by atoms with Crippen LogP contribution in [0.15, 0.2) is 0 Å². The van der Waals surface area contributed by atoms with Crippen LogP contribution in [0.1, 0.15) is 26.7 Å². The summed E-state index contributed by atoms with van der Waals surface area (Å²) in [5.41, 5.74) is 3.62. The number of nitrogens with zero attached hydrogens (tertiary/aromatic N) is 1. The van der Waals surface area contributed by atoms with Crippen LogP contribution in [-0.2, 0) is 0 Å². The van der Waals surface area contributed by atoms with Gasteiger partial charge in [0.25, 0.3) is 0 Å². The van der Waals surface area contributed by atoms with E-state index < -0.39 is 0 Å². The van der Waals surface area contributed by atoms with Gasteiger partial charge in [-0.1, -0.05) is 0 Å². The molecule has 0 saturated heterocycles. The second-order valence-electron chi connectivity index (χ2n) is 3.00. The van der Waals surface area contributed by atoms with E-state index in [2.05, 4.69) is 5.73 Å². The summed E-state index contributed by atoms with van der Waals surface area (Å²) in [6.07, 6.45) is 2.03. The molecule has 0 aromatic heterocycles. The molecule has 0 bridgehead atoms. The van der Waals surface area contributed by atoms with Crippen LogP contribution in [-0.4, -0.2) is 16.0 Å². The van der Waals surface area contributed by atoms with Crippen LogP contribution in [0.3, 0.4) is 0 Å². The van der Waals surface area contributed by atoms with Crippen molar-refractivity contribution >= 4 is 23.6 Å². The Labute approximate surface area is 72.5 Å². The number of hydrogen-bond donors (Lipinski definition) is 1. The van der Waals surface area contributed by atoms with Crippen molar-refractivity contribution in [3.63, 3.8) is 0 Å². The summed E-state index contributed by atoms with van der Waals surface area (Å²) in [6.45, 7) is 4.94. The Morgan fingerprint density at radius 1 is 1.40 bits per heavy atom. The number of quaternary nitrogens is 1. The van der Waals surface area contributed by atoms with E-state index in [1.807, 2.05) is 13.8 Å². The van der Waals surface area contributed by atoms with Crippen molar-refractivity contribution in [3.05, 3.63) is 0 Å². The van der Waals surface area contributed by atoms with E-state index in [1.54, 1.807) is 0 Å². The molecule has 0 radical (unpaired) electrons. The summed E-state index contributed by atoms with van der Waals surface area (Å²) in [7, 11) is 0. The van der Waals surface area contributed by atoms with E-state index in [0.717, 1.165) is 19.4 Å². The fourth-order valence-corrected chi connectivity index (χ4v) is 0.811. The Morgan fingerprint density at radius 2 is 1.90 bits per heavy atom. The quantitative estimate of drug-likeness (QED) is 0.661. The average Bonchev–Trinajstić information content (AvgIpc) is 1.84. The zero-order chi connectivity index (χ0) is 8.20. The zero-order valence-electron chi connectivity index (χ0n) is 6.53. The maximum absolute atomic E-state index is 5.58. The van der Waals surface area contributed by atoms with Crippen molar-refractivity contribution in [2.45, 2.75) is 32.2 Å². The lowest BCUT2D eigenvalue weighted by Gasteiger charge is -2.26. The van der Waals surface area contributed by atoms with Crippen molar-refractivity contribution in [2.75, 3.05) is 6.54 Å². The highest BCUT2D eigenvalue weighted by Crippen LogP contribution is 2.24. The molecule has 2 nitrogen and oxygen atoms in total. The molecule has 0 aromatic carbocycles. The third kappa shape index (κ3) is 3.62. The molecular weight excluding hydrogens is 171 g/mol. The lowest BCUT2D eigenvalue weighted by Crippen LogP contribution is -2.50. The highest BCUT2D eigenvalue weighted by Gasteiger charge is 2.23. The minimum absolute atomic E-state index is 0.124. The van der Waals surface area contributed by atoms with E-state index in [4.69, 9.17) is 23.6 Å². The monoisotopic (exact) mass is 185 g/mol. The van der Waals surface area contributed by atoms with Crippen LogP contribution in [0.5, 0.6) is 0 Å². The molecule has 0 unspecified atom stereocenters. The van der Waals surface area contributed by atoms with Gasteiger partial charge in [0.15, 0.2) is 0 Å². The summed E-state index contributed by atoms with van der Waals surface area (Å²) in [5, 5.41) is 0. The van der Waals surface area contributed by atoms with Crippen LogP contribution in [0.25, 0.3) is 0 Å².